The molecule has 0 heterocycles. The van der Waals surface area contributed by atoms with Gasteiger partial charge in [-0.2, -0.15) is 0 Å². The van der Waals surface area contributed by atoms with E-state index in [1.807, 2.05) is 45.0 Å². The first-order valence-corrected chi connectivity index (χ1v) is 14.4. The van der Waals surface area contributed by atoms with Crippen LogP contribution >= 0.6 is 0 Å². The molecular weight excluding hydrogens is 532 g/mol. The smallest absolute Gasteiger partial charge is 0.269 e. The summed E-state index contributed by atoms with van der Waals surface area (Å²) in [5.74, 6) is -0.964. The van der Waals surface area contributed by atoms with Crippen LogP contribution in [0.1, 0.15) is 38.3 Å². The molecule has 0 unspecified atom stereocenters. The van der Waals surface area contributed by atoms with Gasteiger partial charge in [-0.25, -0.2) is 8.42 Å². The molecular formula is C29H34N4O6S. The van der Waals surface area contributed by atoms with Crippen LogP contribution in [-0.2, 0) is 26.2 Å². The van der Waals surface area contributed by atoms with Crippen molar-refractivity contribution in [3.05, 3.63) is 100 Å². The molecule has 0 fully saturated rings. The number of nitro groups is 1. The summed E-state index contributed by atoms with van der Waals surface area (Å²) in [4.78, 5) is 38.9. The molecule has 0 aliphatic rings. The van der Waals surface area contributed by atoms with Gasteiger partial charge in [0.15, 0.2) is 0 Å². The number of hydrogen-bond acceptors (Lipinski definition) is 6. The molecule has 0 aliphatic heterocycles. The molecule has 0 aromatic heterocycles. The van der Waals surface area contributed by atoms with Gasteiger partial charge < -0.3 is 10.2 Å². The fourth-order valence-corrected chi connectivity index (χ4v) is 5.48. The van der Waals surface area contributed by atoms with Crippen LogP contribution in [0.5, 0.6) is 0 Å². The summed E-state index contributed by atoms with van der Waals surface area (Å²) >= 11 is 0. The number of carbonyl (C=O) groups excluding carboxylic acids is 2. The van der Waals surface area contributed by atoms with E-state index in [4.69, 9.17) is 0 Å². The maximum absolute atomic E-state index is 13.9. The molecule has 0 aliphatic carbocycles. The molecule has 3 aromatic carbocycles. The summed E-state index contributed by atoms with van der Waals surface area (Å²) < 4.78 is 28.4. The van der Waals surface area contributed by atoms with Gasteiger partial charge in [-0.15, -0.1) is 0 Å². The summed E-state index contributed by atoms with van der Waals surface area (Å²) in [5, 5.41) is 14.1. The lowest BCUT2D eigenvalue weighted by molar-refractivity contribution is -0.384. The minimum absolute atomic E-state index is 0.0473. The highest BCUT2D eigenvalue weighted by Gasteiger charge is 2.33. The Morgan fingerprint density at radius 1 is 0.975 bits per heavy atom. The van der Waals surface area contributed by atoms with Crippen molar-refractivity contribution in [2.24, 2.45) is 0 Å². The third-order valence-electron chi connectivity index (χ3n) is 6.56. The summed E-state index contributed by atoms with van der Waals surface area (Å²) in [6.07, 6.45) is 0.702. The van der Waals surface area contributed by atoms with Gasteiger partial charge in [0.2, 0.25) is 11.8 Å². The van der Waals surface area contributed by atoms with Gasteiger partial charge in [-0.3, -0.25) is 24.0 Å². The van der Waals surface area contributed by atoms with E-state index in [1.54, 1.807) is 25.1 Å². The van der Waals surface area contributed by atoms with Gasteiger partial charge in [-0.1, -0.05) is 55.0 Å². The third kappa shape index (κ3) is 7.44. The average Bonchev–Trinajstić information content (AvgIpc) is 2.94. The number of nitro benzene ring substituents is 1. The molecule has 0 spiro atoms. The number of aryl methyl sites for hydroxylation is 1. The van der Waals surface area contributed by atoms with Crippen LogP contribution in [0.4, 0.5) is 11.4 Å². The molecule has 10 nitrogen and oxygen atoms in total. The first-order chi connectivity index (χ1) is 18.9. The number of anilines is 1. The number of amides is 2. The van der Waals surface area contributed by atoms with Crippen molar-refractivity contribution in [2.45, 2.75) is 57.6 Å². The first-order valence-electron chi connectivity index (χ1n) is 12.9. The van der Waals surface area contributed by atoms with Gasteiger partial charge in [0.1, 0.15) is 12.6 Å². The van der Waals surface area contributed by atoms with Crippen LogP contribution in [0.2, 0.25) is 0 Å². The van der Waals surface area contributed by atoms with Crippen molar-refractivity contribution < 1.29 is 22.9 Å². The van der Waals surface area contributed by atoms with Crippen LogP contribution < -0.4 is 9.62 Å². The predicted octanol–water partition coefficient (Wildman–Crippen LogP) is 4.43. The molecule has 0 radical (unpaired) electrons. The van der Waals surface area contributed by atoms with Crippen LogP contribution in [0.25, 0.3) is 0 Å². The zero-order chi connectivity index (χ0) is 29.4. The quantitative estimate of drug-likeness (QED) is 0.255. The van der Waals surface area contributed by atoms with E-state index in [0.29, 0.717) is 6.42 Å². The largest absolute Gasteiger partial charge is 0.352 e. The second-order valence-corrected chi connectivity index (χ2v) is 11.5. The lowest BCUT2D eigenvalue weighted by atomic mass is 10.1. The van der Waals surface area contributed by atoms with Crippen LogP contribution in [-0.4, -0.2) is 48.7 Å². The lowest BCUT2D eigenvalue weighted by Crippen LogP contribution is -2.52. The summed E-state index contributed by atoms with van der Waals surface area (Å²) in [6, 6.07) is 19.0. The van der Waals surface area contributed by atoms with E-state index in [0.717, 1.165) is 15.4 Å². The van der Waals surface area contributed by atoms with Gasteiger partial charge in [0.25, 0.3) is 15.7 Å². The molecule has 2 atom stereocenters. The van der Waals surface area contributed by atoms with Gasteiger partial charge >= 0.3 is 0 Å². The predicted molar refractivity (Wildman–Crippen MR) is 153 cm³/mol. The van der Waals surface area contributed by atoms with Crippen molar-refractivity contribution >= 4 is 33.2 Å². The highest BCUT2D eigenvalue weighted by molar-refractivity contribution is 7.92. The molecule has 1 N–H and O–H groups in total. The molecule has 3 aromatic rings. The minimum Gasteiger partial charge on any atom is -0.352 e. The van der Waals surface area contributed by atoms with E-state index < -0.39 is 33.4 Å². The van der Waals surface area contributed by atoms with E-state index in [-0.39, 0.29) is 34.8 Å². The highest BCUT2D eigenvalue weighted by Crippen LogP contribution is 2.26. The number of rotatable bonds is 12. The molecule has 0 saturated heterocycles. The van der Waals surface area contributed by atoms with E-state index >= 15 is 0 Å². The van der Waals surface area contributed by atoms with Crippen LogP contribution in [0, 0.1) is 17.0 Å². The zero-order valence-corrected chi connectivity index (χ0v) is 23.8. The van der Waals surface area contributed by atoms with Crippen molar-refractivity contribution in [2.75, 3.05) is 10.8 Å². The number of nitrogens with zero attached hydrogens (tertiary/aromatic N) is 3. The van der Waals surface area contributed by atoms with Crippen LogP contribution in [0.3, 0.4) is 0 Å². The first kappa shape index (κ1) is 30.3. The Morgan fingerprint density at radius 3 is 2.20 bits per heavy atom. The van der Waals surface area contributed by atoms with Gasteiger partial charge in [0, 0.05) is 24.7 Å². The number of hydrogen-bond donors (Lipinski definition) is 1. The summed E-state index contributed by atoms with van der Waals surface area (Å²) in [6.45, 7) is 6.77. The standard InChI is InChI=1S/C29H34N4O6S/c1-5-22(3)30-29(35)23(4)31(19-24-11-9-10-21(2)18-24)28(34)20-32(25-14-16-26(17-15-25)33(36)37)40(38,39)27-12-7-6-8-13-27/h6-18,22-23H,5,19-20H2,1-4H3,(H,30,35)/t22-,23-/m1/s1. The van der Waals surface area contributed by atoms with Crippen molar-refractivity contribution in [3.63, 3.8) is 0 Å². The van der Waals surface area contributed by atoms with Crippen molar-refractivity contribution in [3.8, 4) is 0 Å². The topological polar surface area (TPSA) is 130 Å². The SMILES string of the molecule is CC[C@@H](C)NC(=O)[C@@H](C)N(Cc1cccc(C)c1)C(=O)CN(c1ccc([N+](=O)[O-])cc1)S(=O)(=O)c1ccccc1. The van der Waals surface area contributed by atoms with Gasteiger partial charge in [0.05, 0.1) is 15.5 Å². The Hall–Kier alpha value is -4.25. The Labute approximate surface area is 234 Å². The lowest BCUT2D eigenvalue weighted by Gasteiger charge is -2.32. The molecule has 0 saturated carbocycles. The molecule has 212 valence electrons. The zero-order valence-electron chi connectivity index (χ0n) is 23.0. The third-order valence-corrected chi connectivity index (χ3v) is 8.35. The molecule has 0 bridgehead atoms. The number of non-ortho nitro benzene ring substituents is 1. The van der Waals surface area contributed by atoms with Gasteiger partial charge in [-0.05, 0) is 57.0 Å². The molecule has 40 heavy (non-hydrogen) atoms. The minimum atomic E-state index is -4.25. The molecule has 3 rings (SSSR count). The average molecular weight is 567 g/mol. The summed E-state index contributed by atoms with van der Waals surface area (Å²) in [5.41, 5.74) is 1.61. The van der Waals surface area contributed by atoms with E-state index in [2.05, 4.69) is 5.32 Å². The second-order valence-electron chi connectivity index (χ2n) is 9.60. The van der Waals surface area contributed by atoms with Crippen LogP contribution in [0.15, 0.2) is 83.8 Å². The Kier molecular flexibility index (Phi) is 10.0. The normalized spacial score (nSPS) is 12.7. The Morgan fingerprint density at radius 2 is 1.62 bits per heavy atom. The maximum atomic E-state index is 13.9. The van der Waals surface area contributed by atoms with E-state index in [9.17, 15) is 28.1 Å². The maximum Gasteiger partial charge on any atom is 0.269 e. The van der Waals surface area contributed by atoms with E-state index in [1.165, 1.54) is 41.3 Å². The Balaban J connectivity index is 2.03. The number of carbonyl (C=O) groups is 2. The molecule has 11 heteroatoms. The summed E-state index contributed by atoms with van der Waals surface area (Å²) in [7, 11) is -4.25. The van der Waals surface area contributed by atoms with Crippen molar-refractivity contribution in [1.82, 2.24) is 10.2 Å². The Bertz CT molecular complexity index is 1440. The highest BCUT2D eigenvalue weighted by atomic mass is 32.2. The number of benzene rings is 3. The molecule has 2 amide bonds. The number of nitrogens with one attached hydrogen (secondary N) is 1. The number of sulfonamides is 1. The van der Waals surface area contributed by atoms with Crippen molar-refractivity contribution in [1.29, 1.82) is 0 Å². The fraction of sp³-hybridized carbons (Fsp3) is 0.310. The fourth-order valence-electron chi connectivity index (χ4n) is 4.04. The monoisotopic (exact) mass is 566 g/mol. The second kappa shape index (κ2) is 13.2.